The normalized spacial score (nSPS) is 12.0. The molecule has 0 saturated heterocycles. The first-order valence-electron chi connectivity index (χ1n) is 9.31. The fourth-order valence-electron chi connectivity index (χ4n) is 3.55. The van der Waals surface area contributed by atoms with Crippen LogP contribution in [-0.4, -0.2) is 11.7 Å². The predicted octanol–water partition coefficient (Wildman–Crippen LogP) is 5.58. The van der Waals surface area contributed by atoms with Gasteiger partial charge >= 0.3 is 0 Å². The Kier molecular flexibility index (Phi) is 5.17. The van der Waals surface area contributed by atoms with Gasteiger partial charge in [0.25, 0.3) is 0 Å². The summed E-state index contributed by atoms with van der Waals surface area (Å²) in [4.78, 5) is 2.24. The van der Waals surface area contributed by atoms with Crippen molar-refractivity contribution in [2.75, 3.05) is 11.4 Å². The molecule has 0 bridgehead atoms. The van der Waals surface area contributed by atoms with E-state index in [1.54, 1.807) is 0 Å². The Bertz CT molecular complexity index is 993. The zero-order valence-corrected chi connectivity index (χ0v) is 15.2. The Morgan fingerprint density at radius 3 is 2.07 bits per heavy atom. The van der Waals surface area contributed by atoms with Gasteiger partial charge in [0.2, 0.25) is 0 Å². The highest BCUT2D eigenvalue weighted by Gasteiger charge is 2.16. The maximum atomic E-state index is 11.1. The molecule has 0 aliphatic heterocycles. The van der Waals surface area contributed by atoms with Crippen LogP contribution in [0.5, 0.6) is 0 Å². The number of nitrogens with zero attached hydrogens (tertiary/aromatic N) is 1. The van der Waals surface area contributed by atoms with E-state index in [1.807, 2.05) is 48.5 Å². The number of aliphatic hydroxyl groups is 1. The largest absolute Gasteiger partial charge is 0.387 e. The first-order chi connectivity index (χ1) is 13.3. The lowest BCUT2D eigenvalue weighted by molar-refractivity contribution is 0.184. The molecule has 134 valence electrons. The molecule has 0 saturated carbocycles. The highest BCUT2D eigenvalue weighted by molar-refractivity contribution is 5.86. The zero-order valence-electron chi connectivity index (χ0n) is 15.2. The molecule has 1 N–H and O–H groups in total. The van der Waals surface area contributed by atoms with Crippen LogP contribution in [0.15, 0.2) is 103 Å². The Morgan fingerprint density at radius 2 is 1.30 bits per heavy atom. The van der Waals surface area contributed by atoms with Crippen LogP contribution in [0.4, 0.5) is 5.69 Å². The van der Waals surface area contributed by atoms with Gasteiger partial charge in [-0.15, -0.1) is 0 Å². The van der Waals surface area contributed by atoms with Crippen LogP contribution < -0.4 is 4.90 Å². The van der Waals surface area contributed by atoms with Crippen LogP contribution in [0.3, 0.4) is 0 Å². The van der Waals surface area contributed by atoms with E-state index in [0.29, 0.717) is 6.54 Å². The molecule has 0 fully saturated rings. The smallest absolute Gasteiger partial charge is 0.0970 e. The maximum Gasteiger partial charge on any atom is 0.0970 e. The molecule has 2 heteroatoms. The number of aliphatic hydroxyl groups excluding tert-OH is 1. The Morgan fingerprint density at radius 1 is 0.667 bits per heavy atom. The monoisotopic (exact) mass is 353 g/mol. The molecule has 27 heavy (non-hydrogen) atoms. The highest BCUT2D eigenvalue weighted by Crippen LogP contribution is 2.27. The molecular formula is C25H23NO. The van der Waals surface area contributed by atoms with E-state index in [-0.39, 0.29) is 0 Å². The second-order valence-electron chi connectivity index (χ2n) is 6.79. The van der Waals surface area contributed by atoms with Crippen molar-refractivity contribution in [1.82, 2.24) is 0 Å². The minimum absolute atomic E-state index is 0.535. The van der Waals surface area contributed by atoms with Gasteiger partial charge in [0.05, 0.1) is 6.10 Å². The molecule has 4 aromatic rings. The molecule has 0 amide bonds. The number of para-hydroxylation sites is 1. The van der Waals surface area contributed by atoms with Crippen molar-refractivity contribution in [1.29, 1.82) is 0 Å². The summed E-state index contributed by atoms with van der Waals surface area (Å²) in [6.45, 7) is 1.29. The number of hydrogen-bond donors (Lipinski definition) is 1. The lowest BCUT2D eigenvalue weighted by Crippen LogP contribution is -2.28. The first-order valence-corrected chi connectivity index (χ1v) is 9.31. The van der Waals surface area contributed by atoms with Gasteiger partial charge in [-0.05, 0) is 34.0 Å². The lowest BCUT2D eigenvalue weighted by Gasteiger charge is -2.28. The fourth-order valence-corrected chi connectivity index (χ4v) is 3.55. The summed E-state index contributed by atoms with van der Waals surface area (Å²) >= 11 is 0. The van der Waals surface area contributed by atoms with Crippen LogP contribution in [0, 0.1) is 0 Å². The summed E-state index contributed by atoms with van der Waals surface area (Å²) < 4.78 is 0. The van der Waals surface area contributed by atoms with E-state index in [0.717, 1.165) is 28.6 Å². The summed E-state index contributed by atoms with van der Waals surface area (Å²) in [7, 11) is 0. The van der Waals surface area contributed by atoms with E-state index >= 15 is 0 Å². The van der Waals surface area contributed by atoms with Gasteiger partial charge in [0.15, 0.2) is 0 Å². The van der Waals surface area contributed by atoms with Gasteiger partial charge in [-0.3, -0.25) is 0 Å². The van der Waals surface area contributed by atoms with E-state index in [9.17, 15) is 5.11 Å². The number of fused-ring (bicyclic) bond motifs is 1. The van der Waals surface area contributed by atoms with Crippen molar-refractivity contribution in [3.8, 4) is 0 Å². The van der Waals surface area contributed by atoms with Crippen molar-refractivity contribution in [2.24, 2.45) is 0 Å². The average molecular weight is 353 g/mol. The summed E-state index contributed by atoms with van der Waals surface area (Å²) in [6.07, 6.45) is -0.569. The van der Waals surface area contributed by atoms with Gasteiger partial charge in [-0.2, -0.15) is 0 Å². The summed E-state index contributed by atoms with van der Waals surface area (Å²) in [5, 5.41) is 13.4. The molecule has 1 unspecified atom stereocenters. The Hall–Kier alpha value is -3.10. The minimum Gasteiger partial charge on any atom is -0.387 e. The number of benzene rings is 4. The molecular weight excluding hydrogens is 330 g/mol. The van der Waals surface area contributed by atoms with Crippen molar-refractivity contribution >= 4 is 16.5 Å². The third-order valence-corrected chi connectivity index (χ3v) is 4.91. The minimum atomic E-state index is -0.569. The van der Waals surface area contributed by atoms with Gasteiger partial charge < -0.3 is 10.0 Å². The van der Waals surface area contributed by atoms with Crippen molar-refractivity contribution in [3.05, 3.63) is 114 Å². The van der Waals surface area contributed by atoms with E-state index in [1.165, 1.54) is 5.56 Å². The number of hydrogen-bond acceptors (Lipinski definition) is 2. The Balaban J connectivity index is 1.64. The van der Waals surface area contributed by atoms with Crippen molar-refractivity contribution in [3.63, 3.8) is 0 Å². The SMILES string of the molecule is OC(CN(Cc1ccccc1)c1ccccc1)c1cccc2ccccc12. The maximum absolute atomic E-state index is 11.1. The number of rotatable bonds is 6. The third kappa shape index (κ3) is 4.02. The molecule has 0 aromatic heterocycles. The van der Waals surface area contributed by atoms with Crippen molar-refractivity contribution in [2.45, 2.75) is 12.6 Å². The summed E-state index contributed by atoms with van der Waals surface area (Å²) in [5.41, 5.74) is 3.31. The van der Waals surface area contributed by atoms with Gasteiger partial charge in [0, 0.05) is 18.8 Å². The molecule has 0 aliphatic carbocycles. The summed E-state index contributed by atoms with van der Waals surface area (Å²) in [5.74, 6) is 0. The Labute approximate surface area is 160 Å². The van der Waals surface area contributed by atoms with E-state index in [2.05, 4.69) is 59.5 Å². The number of anilines is 1. The molecule has 2 nitrogen and oxygen atoms in total. The van der Waals surface area contributed by atoms with Crippen LogP contribution in [0.2, 0.25) is 0 Å². The van der Waals surface area contributed by atoms with Gasteiger partial charge in [-0.25, -0.2) is 0 Å². The topological polar surface area (TPSA) is 23.5 Å². The zero-order chi connectivity index (χ0) is 18.5. The van der Waals surface area contributed by atoms with Gasteiger partial charge in [0.1, 0.15) is 0 Å². The second-order valence-corrected chi connectivity index (χ2v) is 6.79. The molecule has 0 aliphatic rings. The van der Waals surface area contributed by atoms with E-state index in [4.69, 9.17) is 0 Å². The van der Waals surface area contributed by atoms with Crippen LogP contribution in [0.1, 0.15) is 17.2 Å². The highest BCUT2D eigenvalue weighted by atomic mass is 16.3. The molecule has 4 aromatic carbocycles. The van der Waals surface area contributed by atoms with E-state index < -0.39 is 6.10 Å². The second kappa shape index (κ2) is 8.07. The average Bonchev–Trinajstić information content (AvgIpc) is 2.74. The third-order valence-electron chi connectivity index (χ3n) is 4.91. The summed E-state index contributed by atoms with van der Waals surface area (Å²) in [6, 6.07) is 35.0. The molecule has 0 heterocycles. The quantitative estimate of drug-likeness (QED) is 0.489. The van der Waals surface area contributed by atoms with Crippen LogP contribution in [0.25, 0.3) is 10.8 Å². The molecule has 0 spiro atoms. The molecule has 1 atom stereocenters. The van der Waals surface area contributed by atoms with Crippen molar-refractivity contribution < 1.29 is 5.11 Å². The van der Waals surface area contributed by atoms with Crippen LogP contribution >= 0.6 is 0 Å². The fraction of sp³-hybridized carbons (Fsp3) is 0.120. The molecule has 0 radical (unpaired) electrons. The van der Waals surface area contributed by atoms with Gasteiger partial charge in [-0.1, -0.05) is 91.0 Å². The van der Waals surface area contributed by atoms with Crippen LogP contribution in [-0.2, 0) is 6.54 Å². The first kappa shape index (κ1) is 17.3. The lowest BCUT2D eigenvalue weighted by atomic mass is 10.00. The predicted molar refractivity (Wildman–Crippen MR) is 113 cm³/mol. The molecule has 4 rings (SSSR count). The standard InChI is InChI=1S/C25H23NO/c27-25(24-17-9-13-21-12-7-8-16-23(21)24)19-26(22-14-5-2-6-15-22)18-20-10-3-1-4-11-20/h1-17,25,27H,18-19H2.